The second kappa shape index (κ2) is 5.61. The molecule has 0 unspecified atom stereocenters. The van der Waals surface area contributed by atoms with Crippen LogP contribution in [0.1, 0.15) is 10.4 Å². The van der Waals surface area contributed by atoms with Crippen molar-refractivity contribution < 1.29 is 9.18 Å². The molecule has 0 fully saturated rings. The van der Waals surface area contributed by atoms with Gasteiger partial charge < -0.3 is 16.0 Å². The van der Waals surface area contributed by atoms with Crippen LogP contribution in [-0.2, 0) is 0 Å². The van der Waals surface area contributed by atoms with E-state index in [1.54, 1.807) is 18.2 Å². The quantitative estimate of drug-likeness (QED) is 0.845. The Morgan fingerprint density at radius 2 is 1.95 bits per heavy atom. The molecule has 0 bridgehead atoms. The van der Waals surface area contributed by atoms with E-state index in [9.17, 15) is 9.18 Å². The molecular formula is C15H16FN3O. The van der Waals surface area contributed by atoms with Gasteiger partial charge in [-0.05, 0) is 36.4 Å². The van der Waals surface area contributed by atoms with Crippen LogP contribution in [0.4, 0.5) is 21.5 Å². The molecule has 0 aliphatic carbocycles. The summed E-state index contributed by atoms with van der Waals surface area (Å²) >= 11 is 0. The zero-order valence-electron chi connectivity index (χ0n) is 11.4. The predicted octanol–water partition coefficient (Wildman–Crippen LogP) is 2.73. The highest BCUT2D eigenvalue weighted by Crippen LogP contribution is 2.19. The third-order valence-corrected chi connectivity index (χ3v) is 2.86. The van der Waals surface area contributed by atoms with E-state index >= 15 is 0 Å². The van der Waals surface area contributed by atoms with Crippen molar-refractivity contribution in [3.8, 4) is 0 Å². The first-order valence-electron chi connectivity index (χ1n) is 6.11. The number of carbonyl (C=O) groups is 1. The molecule has 1 amide bonds. The number of amides is 1. The Kier molecular flexibility index (Phi) is 3.89. The van der Waals surface area contributed by atoms with Crippen LogP contribution in [0.2, 0.25) is 0 Å². The van der Waals surface area contributed by atoms with Gasteiger partial charge in [-0.25, -0.2) is 4.39 Å². The molecule has 3 N–H and O–H groups in total. The number of hydrogen-bond donors (Lipinski definition) is 2. The highest BCUT2D eigenvalue weighted by atomic mass is 19.1. The molecule has 0 aliphatic rings. The summed E-state index contributed by atoms with van der Waals surface area (Å²) in [6.07, 6.45) is 0. The maximum absolute atomic E-state index is 13.6. The van der Waals surface area contributed by atoms with Crippen LogP contribution in [0.3, 0.4) is 0 Å². The Labute approximate surface area is 117 Å². The average molecular weight is 273 g/mol. The van der Waals surface area contributed by atoms with Crippen molar-refractivity contribution in [3.63, 3.8) is 0 Å². The van der Waals surface area contributed by atoms with E-state index in [0.717, 1.165) is 5.69 Å². The zero-order chi connectivity index (χ0) is 14.7. The number of nitrogens with zero attached hydrogens (tertiary/aromatic N) is 1. The number of rotatable bonds is 3. The van der Waals surface area contributed by atoms with E-state index in [1.807, 2.05) is 25.1 Å². The number of carbonyl (C=O) groups excluding carboxylic acids is 1. The summed E-state index contributed by atoms with van der Waals surface area (Å²) in [4.78, 5) is 14.0. The maximum Gasteiger partial charge on any atom is 0.255 e. The monoisotopic (exact) mass is 273 g/mol. The van der Waals surface area contributed by atoms with Gasteiger partial charge in [-0.1, -0.05) is 6.07 Å². The van der Waals surface area contributed by atoms with Gasteiger partial charge in [0, 0.05) is 31.0 Å². The van der Waals surface area contributed by atoms with E-state index < -0.39 is 5.82 Å². The minimum Gasteiger partial charge on any atom is -0.399 e. The Balaban J connectivity index is 2.24. The molecule has 2 aromatic rings. The SMILES string of the molecule is CN(C)c1cccc(C(=O)Nc2cc(N)ccc2F)c1. The smallest absolute Gasteiger partial charge is 0.255 e. The zero-order valence-corrected chi connectivity index (χ0v) is 11.4. The van der Waals surface area contributed by atoms with Crippen LogP contribution in [-0.4, -0.2) is 20.0 Å². The van der Waals surface area contributed by atoms with Crippen LogP contribution in [0, 0.1) is 5.82 Å². The van der Waals surface area contributed by atoms with Gasteiger partial charge in [-0.15, -0.1) is 0 Å². The number of hydrogen-bond acceptors (Lipinski definition) is 3. The van der Waals surface area contributed by atoms with Gasteiger partial charge in [0.05, 0.1) is 5.69 Å². The van der Waals surface area contributed by atoms with E-state index in [0.29, 0.717) is 11.3 Å². The molecule has 0 aromatic heterocycles. The molecule has 20 heavy (non-hydrogen) atoms. The van der Waals surface area contributed by atoms with Gasteiger partial charge >= 0.3 is 0 Å². The number of halogens is 1. The van der Waals surface area contributed by atoms with Gasteiger partial charge in [0.25, 0.3) is 5.91 Å². The summed E-state index contributed by atoms with van der Waals surface area (Å²) in [7, 11) is 3.77. The molecule has 0 atom stereocenters. The summed E-state index contributed by atoms with van der Waals surface area (Å²) in [5.74, 6) is -0.894. The van der Waals surface area contributed by atoms with Crippen molar-refractivity contribution in [2.24, 2.45) is 0 Å². The topological polar surface area (TPSA) is 58.4 Å². The minimum atomic E-state index is -0.517. The molecule has 0 saturated carbocycles. The molecular weight excluding hydrogens is 257 g/mol. The number of nitrogens with two attached hydrogens (primary N) is 1. The third kappa shape index (κ3) is 3.06. The second-order valence-corrected chi connectivity index (χ2v) is 4.64. The summed E-state index contributed by atoms with van der Waals surface area (Å²) in [5, 5.41) is 2.52. The molecule has 5 heteroatoms. The van der Waals surface area contributed by atoms with Gasteiger partial charge in [0.15, 0.2) is 0 Å². The van der Waals surface area contributed by atoms with Crippen molar-refractivity contribution in [1.29, 1.82) is 0 Å². The molecule has 0 heterocycles. The Hall–Kier alpha value is -2.56. The van der Waals surface area contributed by atoms with E-state index in [4.69, 9.17) is 5.73 Å². The van der Waals surface area contributed by atoms with Crippen molar-refractivity contribution in [2.45, 2.75) is 0 Å². The van der Waals surface area contributed by atoms with E-state index in [2.05, 4.69) is 5.32 Å². The number of nitrogen functional groups attached to an aromatic ring is 1. The van der Waals surface area contributed by atoms with Gasteiger partial charge in [-0.2, -0.15) is 0 Å². The lowest BCUT2D eigenvalue weighted by molar-refractivity contribution is 0.102. The fourth-order valence-corrected chi connectivity index (χ4v) is 1.76. The van der Waals surface area contributed by atoms with Gasteiger partial charge in [0.2, 0.25) is 0 Å². The van der Waals surface area contributed by atoms with Crippen molar-refractivity contribution >= 4 is 23.0 Å². The summed E-state index contributed by atoms with van der Waals surface area (Å²) < 4.78 is 13.6. The number of nitrogens with one attached hydrogen (secondary N) is 1. The van der Waals surface area contributed by atoms with Crippen molar-refractivity contribution in [3.05, 3.63) is 53.8 Å². The van der Waals surface area contributed by atoms with Crippen LogP contribution < -0.4 is 16.0 Å². The van der Waals surface area contributed by atoms with Crippen LogP contribution in [0.25, 0.3) is 0 Å². The third-order valence-electron chi connectivity index (χ3n) is 2.86. The molecule has 4 nitrogen and oxygen atoms in total. The molecule has 2 rings (SSSR count). The fraction of sp³-hybridized carbons (Fsp3) is 0.133. The second-order valence-electron chi connectivity index (χ2n) is 4.64. The summed E-state index contributed by atoms with van der Waals surface area (Å²) in [5.41, 5.74) is 7.40. The van der Waals surface area contributed by atoms with Gasteiger partial charge in [0.1, 0.15) is 5.82 Å². The van der Waals surface area contributed by atoms with Gasteiger partial charge in [-0.3, -0.25) is 4.79 Å². The normalized spacial score (nSPS) is 10.2. The van der Waals surface area contributed by atoms with Crippen LogP contribution >= 0.6 is 0 Å². The van der Waals surface area contributed by atoms with E-state index in [-0.39, 0.29) is 11.6 Å². The van der Waals surface area contributed by atoms with Crippen molar-refractivity contribution in [1.82, 2.24) is 0 Å². The van der Waals surface area contributed by atoms with Crippen molar-refractivity contribution in [2.75, 3.05) is 30.0 Å². The largest absolute Gasteiger partial charge is 0.399 e. The lowest BCUT2D eigenvalue weighted by Gasteiger charge is -2.13. The first-order valence-corrected chi connectivity index (χ1v) is 6.11. The summed E-state index contributed by atoms with van der Waals surface area (Å²) in [6.45, 7) is 0. The minimum absolute atomic E-state index is 0.0743. The maximum atomic E-state index is 13.6. The van der Waals surface area contributed by atoms with Crippen LogP contribution in [0.15, 0.2) is 42.5 Å². The Morgan fingerprint density at radius 3 is 2.65 bits per heavy atom. The number of benzene rings is 2. The van der Waals surface area contributed by atoms with E-state index in [1.165, 1.54) is 18.2 Å². The molecule has 0 spiro atoms. The molecule has 2 aromatic carbocycles. The van der Waals surface area contributed by atoms with Crippen LogP contribution in [0.5, 0.6) is 0 Å². The molecule has 0 radical (unpaired) electrons. The average Bonchev–Trinajstić information content (AvgIpc) is 2.43. The molecule has 0 saturated heterocycles. The molecule has 0 aliphatic heterocycles. The summed E-state index contributed by atoms with van der Waals surface area (Å²) in [6, 6.07) is 11.1. The Morgan fingerprint density at radius 1 is 1.20 bits per heavy atom. The predicted molar refractivity (Wildman–Crippen MR) is 79.5 cm³/mol. The number of anilines is 3. The fourth-order valence-electron chi connectivity index (χ4n) is 1.76. The first kappa shape index (κ1) is 13.9. The highest BCUT2D eigenvalue weighted by Gasteiger charge is 2.10. The Bertz CT molecular complexity index is 641. The lowest BCUT2D eigenvalue weighted by atomic mass is 10.1. The molecule has 104 valence electrons. The highest BCUT2D eigenvalue weighted by molar-refractivity contribution is 6.05. The lowest BCUT2D eigenvalue weighted by Crippen LogP contribution is -2.15. The standard InChI is InChI=1S/C15H16FN3O/c1-19(2)12-5-3-4-10(8-12)15(20)18-14-9-11(17)6-7-13(14)16/h3-9H,17H2,1-2H3,(H,18,20). The first-order chi connectivity index (χ1) is 9.47.